The zero-order valence-electron chi connectivity index (χ0n) is 17.9. The topological polar surface area (TPSA) is 93.9 Å². The summed E-state index contributed by atoms with van der Waals surface area (Å²) >= 11 is 3.34. The van der Waals surface area contributed by atoms with E-state index in [-0.39, 0.29) is 29.3 Å². The third-order valence-electron chi connectivity index (χ3n) is 6.12. The first-order valence-electron chi connectivity index (χ1n) is 10.6. The van der Waals surface area contributed by atoms with Gasteiger partial charge in [-0.2, -0.15) is 0 Å². The van der Waals surface area contributed by atoms with Gasteiger partial charge in [-0.25, -0.2) is 4.98 Å². The first kappa shape index (κ1) is 21.5. The number of carbonyl (C=O) groups is 2. The van der Waals surface area contributed by atoms with Crippen molar-refractivity contribution in [3.8, 4) is 11.5 Å². The van der Waals surface area contributed by atoms with Crippen LogP contribution in [0.15, 0.2) is 63.8 Å². The fourth-order valence-electron chi connectivity index (χ4n) is 4.56. The predicted octanol–water partition coefficient (Wildman–Crippen LogP) is 3.98. The highest BCUT2D eigenvalue weighted by Crippen LogP contribution is 2.44. The molecular formula is C24H22BrN3O5. The number of halogens is 1. The van der Waals surface area contributed by atoms with Crippen LogP contribution in [0.1, 0.15) is 45.5 Å². The van der Waals surface area contributed by atoms with Crippen molar-refractivity contribution in [3.63, 3.8) is 0 Å². The van der Waals surface area contributed by atoms with Gasteiger partial charge in [0.05, 0.1) is 30.4 Å². The second-order valence-corrected chi connectivity index (χ2v) is 9.04. The van der Waals surface area contributed by atoms with Crippen molar-refractivity contribution in [2.45, 2.75) is 24.5 Å². The van der Waals surface area contributed by atoms with Crippen LogP contribution in [0.2, 0.25) is 0 Å². The first-order valence-corrected chi connectivity index (χ1v) is 11.4. The molecule has 2 aromatic heterocycles. The fourth-order valence-corrected chi connectivity index (χ4v) is 4.94. The number of likely N-dealkylation sites (tertiary alicyclic amines) is 1. The van der Waals surface area contributed by atoms with Gasteiger partial charge in [0.25, 0.3) is 11.8 Å². The van der Waals surface area contributed by atoms with Gasteiger partial charge in [0, 0.05) is 31.1 Å². The number of methoxy groups -OCH3 is 1. The number of benzene rings is 1. The van der Waals surface area contributed by atoms with Crippen molar-refractivity contribution in [2.24, 2.45) is 0 Å². The molecule has 0 radical (unpaired) electrons. The molecule has 1 aromatic carbocycles. The number of pyridine rings is 1. The normalized spacial score (nSPS) is 21.4. The van der Waals surface area contributed by atoms with Crippen LogP contribution in [0.3, 0.4) is 0 Å². The van der Waals surface area contributed by atoms with E-state index in [1.165, 1.54) is 13.4 Å². The number of para-hydroxylation sites is 1. The maximum atomic E-state index is 13.2. The zero-order chi connectivity index (χ0) is 23.0. The Kier molecular flexibility index (Phi) is 5.57. The summed E-state index contributed by atoms with van der Waals surface area (Å²) in [6.07, 6.45) is 4.20. The van der Waals surface area contributed by atoms with Crippen molar-refractivity contribution in [2.75, 3.05) is 20.2 Å². The van der Waals surface area contributed by atoms with E-state index in [9.17, 15) is 9.59 Å². The molecule has 2 amide bonds. The Morgan fingerprint density at radius 1 is 1.24 bits per heavy atom. The lowest BCUT2D eigenvalue weighted by atomic mass is 9.86. The highest BCUT2D eigenvalue weighted by molar-refractivity contribution is 9.10. The summed E-state index contributed by atoms with van der Waals surface area (Å²) in [5, 5.41) is 3.08. The van der Waals surface area contributed by atoms with Gasteiger partial charge < -0.3 is 24.1 Å². The van der Waals surface area contributed by atoms with Crippen molar-refractivity contribution < 1.29 is 23.5 Å². The number of nitrogens with zero attached hydrogens (tertiary/aromatic N) is 2. The van der Waals surface area contributed by atoms with Crippen molar-refractivity contribution in [3.05, 3.63) is 76.4 Å². The van der Waals surface area contributed by atoms with Gasteiger partial charge in [-0.15, -0.1) is 0 Å². The molecule has 0 saturated carbocycles. The molecule has 4 heterocycles. The number of furan rings is 1. The molecule has 33 heavy (non-hydrogen) atoms. The highest BCUT2D eigenvalue weighted by atomic mass is 79.9. The molecule has 2 unspecified atom stereocenters. The molecule has 8 nitrogen and oxygen atoms in total. The summed E-state index contributed by atoms with van der Waals surface area (Å²) in [4.78, 5) is 32.0. The van der Waals surface area contributed by atoms with E-state index in [4.69, 9.17) is 13.9 Å². The number of fused-ring (bicyclic) bond motifs is 1. The van der Waals surface area contributed by atoms with Gasteiger partial charge >= 0.3 is 0 Å². The molecule has 1 saturated heterocycles. The van der Waals surface area contributed by atoms with Crippen LogP contribution in [0.25, 0.3) is 0 Å². The van der Waals surface area contributed by atoms with Crippen LogP contribution in [-0.4, -0.2) is 47.5 Å². The van der Waals surface area contributed by atoms with Crippen molar-refractivity contribution >= 4 is 27.7 Å². The molecule has 2 atom stereocenters. The largest absolute Gasteiger partial charge is 0.494 e. The summed E-state index contributed by atoms with van der Waals surface area (Å²) in [5.74, 6) is 0.850. The Bertz CT molecular complexity index is 1210. The summed E-state index contributed by atoms with van der Waals surface area (Å²) in [5.41, 5.74) is 0.556. The van der Waals surface area contributed by atoms with Gasteiger partial charge in [0.1, 0.15) is 17.1 Å². The second kappa shape index (κ2) is 8.55. The zero-order valence-corrected chi connectivity index (χ0v) is 19.5. The molecular weight excluding hydrogens is 490 g/mol. The molecule has 9 heteroatoms. The molecule has 1 spiro atoms. The number of aromatic nitrogens is 1. The molecule has 0 aliphatic carbocycles. The average molecular weight is 512 g/mol. The summed E-state index contributed by atoms with van der Waals surface area (Å²) in [6, 6.07) is 12.5. The van der Waals surface area contributed by atoms with Gasteiger partial charge in [-0.1, -0.05) is 18.2 Å². The quantitative estimate of drug-likeness (QED) is 0.569. The number of amides is 2. The minimum Gasteiger partial charge on any atom is -0.494 e. The Morgan fingerprint density at radius 3 is 2.88 bits per heavy atom. The minimum atomic E-state index is -0.621. The van der Waals surface area contributed by atoms with Gasteiger partial charge in [0.15, 0.2) is 5.69 Å². The second-order valence-electron chi connectivity index (χ2n) is 8.18. The summed E-state index contributed by atoms with van der Waals surface area (Å²) in [7, 11) is 1.52. The maximum absolute atomic E-state index is 13.2. The van der Waals surface area contributed by atoms with Gasteiger partial charge in [-0.3, -0.25) is 9.59 Å². The Morgan fingerprint density at radius 2 is 2.09 bits per heavy atom. The van der Waals surface area contributed by atoms with Gasteiger partial charge in [-0.05, 0) is 40.2 Å². The Balaban J connectivity index is 1.40. The van der Waals surface area contributed by atoms with E-state index < -0.39 is 5.60 Å². The van der Waals surface area contributed by atoms with E-state index in [1.807, 2.05) is 24.3 Å². The molecule has 1 N–H and O–H groups in total. The third-order valence-corrected chi connectivity index (χ3v) is 6.75. The smallest absolute Gasteiger partial charge is 0.288 e. The molecule has 2 aliphatic rings. The number of nitrogens with one attached hydrogen (secondary N) is 1. The molecule has 170 valence electrons. The number of ether oxygens (including phenoxy) is 2. The lowest BCUT2D eigenvalue weighted by Crippen LogP contribution is -2.47. The van der Waals surface area contributed by atoms with E-state index in [1.54, 1.807) is 29.3 Å². The van der Waals surface area contributed by atoms with Crippen molar-refractivity contribution in [1.82, 2.24) is 15.2 Å². The fraction of sp³-hybridized carbons (Fsp3) is 0.292. The highest BCUT2D eigenvalue weighted by Gasteiger charge is 2.48. The van der Waals surface area contributed by atoms with Gasteiger partial charge in [0.2, 0.25) is 5.76 Å². The van der Waals surface area contributed by atoms with E-state index in [0.29, 0.717) is 41.9 Å². The number of hydrogen-bond acceptors (Lipinski definition) is 6. The van der Waals surface area contributed by atoms with Crippen LogP contribution >= 0.6 is 15.9 Å². The van der Waals surface area contributed by atoms with Crippen LogP contribution in [0.4, 0.5) is 0 Å². The standard InChI is InChI=1S/C24H22BrN3O5/c1-31-19-7-4-10-26-20(19)23(30)28-11-9-24(14-28)13-17(15-5-2-3-6-18(15)33-24)27-22(29)21-16(25)8-12-32-21/h2-8,10,12,17H,9,11,13-14H2,1H3,(H,27,29). The number of rotatable bonds is 4. The van der Waals surface area contributed by atoms with E-state index in [2.05, 4.69) is 26.2 Å². The van der Waals surface area contributed by atoms with E-state index in [0.717, 1.165) is 5.56 Å². The van der Waals surface area contributed by atoms with E-state index >= 15 is 0 Å². The predicted molar refractivity (Wildman–Crippen MR) is 122 cm³/mol. The molecule has 3 aromatic rings. The Labute approximate surface area is 199 Å². The van der Waals surface area contributed by atoms with Crippen LogP contribution in [0.5, 0.6) is 11.5 Å². The summed E-state index contributed by atoms with van der Waals surface area (Å²) in [6.45, 7) is 0.905. The monoisotopic (exact) mass is 511 g/mol. The SMILES string of the molecule is COc1cccnc1C(=O)N1CCC2(CC(NC(=O)c3occc3Br)c3ccccc3O2)C1. The Hall–Kier alpha value is -3.33. The molecule has 5 rings (SSSR count). The number of carbonyl (C=O) groups excluding carboxylic acids is 2. The van der Waals surface area contributed by atoms with Crippen LogP contribution in [0, 0.1) is 0 Å². The minimum absolute atomic E-state index is 0.202. The molecule has 2 aliphatic heterocycles. The molecule has 0 bridgehead atoms. The third kappa shape index (κ3) is 3.97. The van der Waals surface area contributed by atoms with Crippen molar-refractivity contribution in [1.29, 1.82) is 0 Å². The van der Waals surface area contributed by atoms with Crippen LogP contribution in [-0.2, 0) is 0 Å². The number of hydrogen-bond donors (Lipinski definition) is 1. The average Bonchev–Trinajstić information content (AvgIpc) is 3.44. The van der Waals surface area contributed by atoms with Crippen LogP contribution < -0.4 is 14.8 Å². The first-order chi connectivity index (χ1) is 16.0. The maximum Gasteiger partial charge on any atom is 0.288 e. The lowest BCUT2D eigenvalue weighted by Gasteiger charge is -2.40. The summed E-state index contributed by atoms with van der Waals surface area (Å²) < 4.78 is 17.7. The lowest BCUT2D eigenvalue weighted by molar-refractivity contribution is 0.0346. The molecule has 1 fully saturated rings.